The number of rotatable bonds is 4. The summed E-state index contributed by atoms with van der Waals surface area (Å²) in [5, 5.41) is 10.6. The van der Waals surface area contributed by atoms with Crippen molar-refractivity contribution in [2.75, 3.05) is 14.2 Å². The Morgan fingerprint density at radius 2 is 1.65 bits per heavy atom. The maximum absolute atomic E-state index is 12.3. The first-order valence-corrected chi connectivity index (χ1v) is 7.75. The van der Waals surface area contributed by atoms with Crippen LogP contribution in [0.25, 0.3) is 11.1 Å². The van der Waals surface area contributed by atoms with E-state index >= 15 is 0 Å². The van der Waals surface area contributed by atoms with Crippen molar-refractivity contribution in [2.45, 2.75) is 0 Å². The van der Waals surface area contributed by atoms with Crippen molar-refractivity contribution in [1.29, 1.82) is 0 Å². The van der Waals surface area contributed by atoms with E-state index in [1.807, 2.05) is 0 Å². The molecule has 0 bridgehead atoms. The molecule has 0 saturated heterocycles. The molecule has 0 atom stereocenters. The monoisotopic (exact) mass is 352 g/mol. The van der Waals surface area contributed by atoms with Crippen LogP contribution in [0.5, 0.6) is 5.75 Å². The first-order chi connectivity index (χ1) is 12.6. The Morgan fingerprint density at radius 3 is 2.23 bits per heavy atom. The maximum Gasteiger partial charge on any atom is 0.348 e. The maximum atomic E-state index is 12.3. The molecule has 1 N–H and O–H groups in total. The third-order valence-electron chi connectivity index (χ3n) is 3.91. The third-order valence-corrected chi connectivity index (χ3v) is 3.91. The van der Waals surface area contributed by atoms with Crippen LogP contribution in [0.3, 0.4) is 0 Å². The lowest BCUT2D eigenvalue weighted by molar-refractivity contribution is -0.134. The molecule has 1 aliphatic heterocycles. The summed E-state index contributed by atoms with van der Waals surface area (Å²) < 4.78 is 15.1. The summed E-state index contributed by atoms with van der Waals surface area (Å²) >= 11 is 0. The summed E-state index contributed by atoms with van der Waals surface area (Å²) in [5.74, 6) is -1.52. The first-order valence-electron chi connectivity index (χ1n) is 7.75. The predicted molar refractivity (Wildman–Crippen MR) is 94.0 cm³/mol. The molecular formula is C20H16O6. The van der Waals surface area contributed by atoms with Crippen LogP contribution < -0.4 is 4.74 Å². The summed E-state index contributed by atoms with van der Waals surface area (Å²) in [6, 6.07) is 15.1. The first kappa shape index (κ1) is 17.3. The number of hydrogen-bond donors (Lipinski definition) is 1. The van der Waals surface area contributed by atoms with Crippen molar-refractivity contribution in [2.24, 2.45) is 0 Å². The summed E-state index contributed by atoms with van der Waals surface area (Å²) in [5.41, 5.74) is 0.854. The number of ether oxygens (including phenoxy) is 3. The molecule has 0 spiro atoms. The van der Waals surface area contributed by atoms with E-state index in [2.05, 4.69) is 0 Å². The second kappa shape index (κ2) is 7.14. The van der Waals surface area contributed by atoms with E-state index in [9.17, 15) is 14.7 Å². The predicted octanol–water partition coefficient (Wildman–Crippen LogP) is 3.11. The number of hydrogen-bond acceptors (Lipinski definition) is 6. The lowest BCUT2D eigenvalue weighted by Gasteiger charge is -2.10. The highest BCUT2D eigenvalue weighted by molar-refractivity contribution is 6.25. The van der Waals surface area contributed by atoms with Crippen molar-refractivity contribution >= 4 is 23.1 Å². The van der Waals surface area contributed by atoms with Gasteiger partial charge in [0.2, 0.25) is 0 Å². The van der Waals surface area contributed by atoms with Crippen LogP contribution in [0.4, 0.5) is 0 Å². The van der Waals surface area contributed by atoms with Crippen LogP contribution in [0.2, 0.25) is 0 Å². The number of benzene rings is 2. The average Bonchev–Trinajstić information content (AvgIpc) is 2.97. The molecule has 0 unspecified atom stereocenters. The van der Waals surface area contributed by atoms with E-state index in [-0.39, 0.29) is 16.9 Å². The highest BCUT2D eigenvalue weighted by Gasteiger charge is 2.36. The minimum absolute atomic E-state index is 0.00415. The lowest BCUT2D eigenvalue weighted by Crippen LogP contribution is -2.09. The van der Waals surface area contributed by atoms with Crippen molar-refractivity contribution in [3.05, 3.63) is 77.2 Å². The van der Waals surface area contributed by atoms with E-state index in [0.717, 1.165) is 0 Å². The fraction of sp³-hybridized carbons (Fsp3) is 0.100. The minimum Gasteiger partial charge on any atom is -0.504 e. The highest BCUT2D eigenvalue weighted by atomic mass is 16.6. The summed E-state index contributed by atoms with van der Waals surface area (Å²) in [4.78, 5) is 24.6. The average molecular weight is 352 g/mol. The summed E-state index contributed by atoms with van der Waals surface area (Å²) in [6.45, 7) is 0. The molecule has 26 heavy (non-hydrogen) atoms. The van der Waals surface area contributed by atoms with Gasteiger partial charge in [0.1, 0.15) is 16.9 Å². The van der Waals surface area contributed by atoms with E-state index in [4.69, 9.17) is 14.2 Å². The van der Waals surface area contributed by atoms with Gasteiger partial charge in [-0.15, -0.1) is 0 Å². The van der Waals surface area contributed by atoms with Crippen LogP contribution in [0, 0.1) is 0 Å². The molecule has 0 aliphatic carbocycles. The van der Waals surface area contributed by atoms with E-state index in [1.54, 1.807) is 54.6 Å². The second-order valence-electron chi connectivity index (χ2n) is 5.40. The van der Waals surface area contributed by atoms with Crippen molar-refractivity contribution in [3.63, 3.8) is 0 Å². The van der Waals surface area contributed by atoms with Crippen molar-refractivity contribution in [1.82, 2.24) is 0 Å². The zero-order valence-corrected chi connectivity index (χ0v) is 14.2. The number of aliphatic hydroxyl groups is 1. The van der Waals surface area contributed by atoms with Gasteiger partial charge in [-0.1, -0.05) is 42.5 Å². The molecule has 2 aromatic rings. The summed E-state index contributed by atoms with van der Waals surface area (Å²) in [6.07, 6.45) is 0. The van der Waals surface area contributed by atoms with E-state index in [1.165, 1.54) is 14.2 Å². The number of carbonyl (C=O) groups is 2. The molecule has 6 nitrogen and oxygen atoms in total. The number of cyclic esters (lactones) is 1. The molecule has 3 rings (SSSR count). The van der Waals surface area contributed by atoms with Crippen molar-refractivity contribution < 1.29 is 28.9 Å². The zero-order chi connectivity index (χ0) is 18.7. The Kier molecular flexibility index (Phi) is 4.75. The standard InChI is InChI=1S/C20H16O6/c1-24-14-10-8-13(9-11-14)16(19(22)25-2)18-17(21)15(20(23)26-18)12-6-4-3-5-7-12/h3-11,21H,1-2H3. The van der Waals surface area contributed by atoms with Gasteiger partial charge in [0.05, 0.1) is 14.2 Å². The van der Waals surface area contributed by atoms with E-state index < -0.39 is 17.7 Å². The van der Waals surface area contributed by atoms with Gasteiger partial charge in [0.25, 0.3) is 0 Å². The minimum atomic E-state index is -0.737. The Balaban J connectivity index is 2.18. The van der Waals surface area contributed by atoms with Crippen LogP contribution in [-0.2, 0) is 19.1 Å². The Bertz CT molecular complexity index is 907. The fourth-order valence-electron chi connectivity index (χ4n) is 2.63. The molecular weight excluding hydrogens is 336 g/mol. The van der Waals surface area contributed by atoms with Crippen molar-refractivity contribution in [3.8, 4) is 5.75 Å². The van der Waals surface area contributed by atoms with Crippen LogP contribution in [0.1, 0.15) is 11.1 Å². The molecule has 1 aliphatic rings. The normalized spacial score (nSPS) is 15.5. The van der Waals surface area contributed by atoms with Gasteiger partial charge < -0.3 is 19.3 Å². The molecule has 0 saturated carbocycles. The number of carbonyl (C=O) groups excluding carboxylic acids is 2. The smallest absolute Gasteiger partial charge is 0.348 e. The van der Waals surface area contributed by atoms with Gasteiger partial charge >= 0.3 is 11.9 Å². The Hall–Kier alpha value is -3.54. The van der Waals surface area contributed by atoms with Crippen LogP contribution in [-0.4, -0.2) is 31.3 Å². The lowest BCUT2D eigenvalue weighted by atomic mass is 10.0. The topological polar surface area (TPSA) is 82.1 Å². The third kappa shape index (κ3) is 3.04. The SMILES string of the molecule is COC(=O)C(=C1OC(=O)C(c2ccccc2)=C1O)c1ccc(OC)cc1. The molecule has 6 heteroatoms. The Labute approximate surface area is 149 Å². The number of esters is 2. The molecule has 0 amide bonds. The van der Waals surface area contributed by atoms with Crippen LogP contribution >= 0.6 is 0 Å². The fourth-order valence-corrected chi connectivity index (χ4v) is 2.63. The number of aliphatic hydroxyl groups excluding tert-OH is 1. The van der Waals surface area contributed by atoms with Gasteiger partial charge in [0, 0.05) is 0 Å². The highest BCUT2D eigenvalue weighted by Crippen LogP contribution is 2.36. The molecule has 0 radical (unpaired) electrons. The van der Waals surface area contributed by atoms with Gasteiger partial charge in [0.15, 0.2) is 11.5 Å². The van der Waals surface area contributed by atoms with E-state index in [0.29, 0.717) is 16.9 Å². The second-order valence-corrected chi connectivity index (χ2v) is 5.40. The van der Waals surface area contributed by atoms with Gasteiger partial charge in [-0.2, -0.15) is 0 Å². The zero-order valence-electron chi connectivity index (χ0n) is 14.2. The van der Waals surface area contributed by atoms with Crippen LogP contribution in [0.15, 0.2) is 66.1 Å². The summed E-state index contributed by atoms with van der Waals surface area (Å²) in [7, 11) is 2.73. The number of methoxy groups -OCH3 is 2. The molecule has 0 aromatic heterocycles. The molecule has 132 valence electrons. The molecule has 2 aromatic carbocycles. The Morgan fingerprint density at radius 1 is 1.00 bits per heavy atom. The van der Waals surface area contributed by atoms with Gasteiger partial charge in [-0.25, -0.2) is 9.59 Å². The van der Waals surface area contributed by atoms with Gasteiger partial charge in [-0.05, 0) is 23.3 Å². The molecule has 0 fully saturated rings. The van der Waals surface area contributed by atoms with Gasteiger partial charge in [-0.3, -0.25) is 0 Å². The molecule has 1 heterocycles. The quantitative estimate of drug-likeness (QED) is 0.673. The largest absolute Gasteiger partial charge is 0.504 e.